The third kappa shape index (κ3) is 11.0. The van der Waals surface area contributed by atoms with Crippen LogP contribution in [0.3, 0.4) is 0 Å². The van der Waals surface area contributed by atoms with E-state index in [9.17, 15) is 0 Å². The van der Waals surface area contributed by atoms with Crippen molar-refractivity contribution in [2.45, 2.75) is 0 Å². The molecule has 0 aromatic heterocycles. The van der Waals surface area contributed by atoms with Crippen LogP contribution in [0.15, 0.2) is 0 Å². The van der Waals surface area contributed by atoms with Crippen molar-refractivity contribution in [3.63, 3.8) is 0 Å². The van der Waals surface area contributed by atoms with Crippen LogP contribution in [0.4, 0.5) is 0 Å². The first-order valence-electron chi connectivity index (χ1n) is 4.20. The monoisotopic (exact) mass is 180 g/mol. The van der Waals surface area contributed by atoms with Crippen LogP contribution in [0, 0.1) is 23.7 Å². The highest BCUT2D eigenvalue weighted by atomic mass is 16.5. The Bertz CT molecular complexity index is 193. The van der Waals surface area contributed by atoms with Crippen LogP contribution >= 0.6 is 0 Å². The van der Waals surface area contributed by atoms with Gasteiger partial charge in [-0.25, -0.2) is 0 Å². The third-order valence-corrected chi connectivity index (χ3v) is 1.13. The van der Waals surface area contributed by atoms with Crippen molar-refractivity contribution < 1.29 is 4.74 Å². The Morgan fingerprint density at radius 3 is 1.69 bits per heavy atom. The molecule has 3 nitrogen and oxygen atoms in total. The van der Waals surface area contributed by atoms with Gasteiger partial charge in [-0.15, -0.1) is 0 Å². The predicted molar refractivity (Wildman–Crippen MR) is 54.2 cm³/mol. The van der Waals surface area contributed by atoms with Gasteiger partial charge in [0.25, 0.3) is 0 Å². The van der Waals surface area contributed by atoms with Gasteiger partial charge in [0.15, 0.2) is 0 Å². The van der Waals surface area contributed by atoms with E-state index in [2.05, 4.69) is 34.3 Å². The van der Waals surface area contributed by atoms with Crippen LogP contribution in [0.25, 0.3) is 0 Å². The second-order valence-electron chi connectivity index (χ2n) is 2.26. The second kappa shape index (κ2) is 11.0. The molecule has 0 saturated carbocycles. The van der Waals surface area contributed by atoms with Crippen molar-refractivity contribution in [3.05, 3.63) is 0 Å². The lowest BCUT2D eigenvalue weighted by molar-refractivity contribution is 0.204. The Balaban J connectivity index is 3.19. The Hall–Kier alpha value is -1.00. The van der Waals surface area contributed by atoms with E-state index in [0.29, 0.717) is 26.3 Å². The fourth-order valence-electron chi connectivity index (χ4n) is 0.557. The van der Waals surface area contributed by atoms with Crippen LogP contribution in [0.2, 0.25) is 0 Å². The van der Waals surface area contributed by atoms with Gasteiger partial charge in [-0.1, -0.05) is 23.7 Å². The summed E-state index contributed by atoms with van der Waals surface area (Å²) in [5.74, 6) is 11.5. The topological polar surface area (TPSA) is 33.3 Å². The Labute approximate surface area is 80.2 Å². The summed E-state index contributed by atoms with van der Waals surface area (Å²) in [6.07, 6.45) is 0. The molecule has 2 N–H and O–H groups in total. The largest absolute Gasteiger partial charge is 0.356 e. The molecule has 0 spiro atoms. The Kier molecular flexibility index (Phi) is 10.2. The van der Waals surface area contributed by atoms with Gasteiger partial charge in [0.1, 0.15) is 13.2 Å². The normalized spacial score (nSPS) is 8.15. The van der Waals surface area contributed by atoms with E-state index in [-0.39, 0.29) is 0 Å². The Morgan fingerprint density at radius 2 is 1.31 bits per heavy atom. The lowest BCUT2D eigenvalue weighted by Gasteiger charge is -1.90. The van der Waals surface area contributed by atoms with Gasteiger partial charge in [0.2, 0.25) is 0 Å². The summed E-state index contributed by atoms with van der Waals surface area (Å²) in [6, 6.07) is 0. The molecule has 0 radical (unpaired) electrons. The summed E-state index contributed by atoms with van der Waals surface area (Å²) in [4.78, 5) is 0. The zero-order valence-electron chi connectivity index (χ0n) is 8.24. The van der Waals surface area contributed by atoms with E-state index in [1.807, 2.05) is 14.1 Å². The molecule has 0 unspecified atom stereocenters. The first-order valence-corrected chi connectivity index (χ1v) is 4.20. The van der Waals surface area contributed by atoms with Crippen LogP contribution < -0.4 is 10.6 Å². The molecule has 0 heterocycles. The molecule has 0 atom stereocenters. The van der Waals surface area contributed by atoms with Crippen LogP contribution in [-0.2, 0) is 4.74 Å². The maximum absolute atomic E-state index is 5.12. The number of nitrogens with one attached hydrogen (secondary N) is 2. The molecule has 72 valence electrons. The lowest BCUT2D eigenvalue weighted by atomic mass is 10.5. The zero-order chi connectivity index (χ0) is 9.78. The number of hydrogen-bond acceptors (Lipinski definition) is 3. The van der Waals surface area contributed by atoms with Crippen LogP contribution in [0.1, 0.15) is 0 Å². The number of hydrogen-bond donors (Lipinski definition) is 2. The fraction of sp³-hybridized carbons (Fsp3) is 0.600. The molecular formula is C10H16N2O. The maximum atomic E-state index is 5.12. The summed E-state index contributed by atoms with van der Waals surface area (Å²) in [5.41, 5.74) is 0. The smallest absolute Gasteiger partial charge is 0.109 e. The van der Waals surface area contributed by atoms with Gasteiger partial charge in [0, 0.05) is 0 Å². The average molecular weight is 180 g/mol. The van der Waals surface area contributed by atoms with Gasteiger partial charge in [-0.05, 0) is 14.1 Å². The molecule has 0 amide bonds. The van der Waals surface area contributed by atoms with Crippen molar-refractivity contribution in [1.82, 2.24) is 10.6 Å². The molecular weight excluding hydrogens is 164 g/mol. The van der Waals surface area contributed by atoms with E-state index in [0.717, 1.165) is 0 Å². The second-order valence-corrected chi connectivity index (χ2v) is 2.26. The minimum atomic E-state index is 0.454. The highest BCUT2D eigenvalue weighted by Crippen LogP contribution is 1.69. The van der Waals surface area contributed by atoms with Crippen molar-refractivity contribution >= 4 is 0 Å². The lowest BCUT2D eigenvalue weighted by Crippen LogP contribution is -2.05. The molecule has 0 aliphatic heterocycles. The van der Waals surface area contributed by atoms with Crippen LogP contribution in [-0.4, -0.2) is 40.4 Å². The SMILES string of the molecule is CNCC#CCOCC#CCNC. The average Bonchev–Trinajstić information content (AvgIpc) is 2.16. The molecule has 0 aromatic rings. The van der Waals surface area contributed by atoms with Gasteiger partial charge in [-0.2, -0.15) is 0 Å². The molecule has 0 bridgehead atoms. The van der Waals surface area contributed by atoms with Crippen molar-refractivity contribution in [2.75, 3.05) is 40.4 Å². The molecule has 0 rings (SSSR count). The number of rotatable bonds is 4. The predicted octanol–water partition coefficient (Wildman–Crippen LogP) is -0.551. The van der Waals surface area contributed by atoms with Crippen molar-refractivity contribution in [3.8, 4) is 23.7 Å². The summed E-state index contributed by atoms with van der Waals surface area (Å²) in [5, 5.41) is 5.84. The standard InChI is InChI=1S/C10H16N2O/c1-11-7-3-5-9-13-10-6-4-8-12-2/h11-12H,7-10H2,1-2H3. The first kappa shape index (κ1) is 12.0. The van der Waals surface area contributed by atoms with E-state index in [4.69, 9.17) is 4.74 Å². The van der Waals surface area contributed by atoms with Crippen LogP contribution in [0.5, 0.6) is 0 Å². The first-order chi connectivity index (χ1) is 6.41. The Morgan fingerprint density at radius 1 is 0.846 bits per heavy atom. The maximum Gasteiger partial charge on any atom is 0.109 e. The fourth-order valence-corrected chi connectivity index (χ4v) is 0.557. The van der Waals surface area contributed by atoms with Gasteiger partial charge >= 0.3 is 0 Å². The molecule has 0 aliphatic carbocycles. The molecule has 0 aliphatic rings. The third-order valence-electron chi connectivity index (χ3n) is 1.13. The molecule has 0 aromatic carbocycles. The molecule has 0 saturated heterocycles. The summed E-state index contributed by atoms with van der Waals surface area (Å²) < 4.78 is 5.12. The molecule has 13 heavy (non-hydrogen) atoms. The van der Waals surface area contributed by atoms with E-state index in [1.165, 1.54) is 0 Å². The quantitative estimate of drug-likeness (QED) is 0.450. The summed E-state index contributed by atoms with van der Waals surface area (Å²) >= 11 is 0. The van der Waals surface area contributed by atoms with Crippen molar-refractivity contribution in [1.29, 1.82) is 0 Å². The van der Waals surface area contributed by atoms with Crippen molar-refractivity contribution in [2.24, 2.45) is 0 Å². The summed E-state index contributed by atoms with van der Waals surface area (Å²) in [7, 11) is 3.72. The molecule has 3 heteroatoms. The minimum Gasteiger partial charge on any atom is -0.356 e. The highest BCUT2D eigenvalue weighted by Gasteiger charge is 1.76. The minimum absolute atomic E-state index is 0.454. The van der Waals surface area contributed by atoms with E-state index >= 15 is 0 Å². The van der Waals surface area contributed by atoms with Gasteiger partial charge < -0.3 is 15.4 Å². The zero-order valence-corrected chi connectivity index (χ0v) is 8.24. The van der Waals surface area contributed by atoms with E-state index in [1.54, 1.807) is 0 Å². The highest BCUT2D eigenvalue weighted by molar-refractivity contribution is 5.03. The van der Waals surface area contributed by atoms with Gasteiger partial charge in [0.05, 0.1) is 13.1 Å². The number of ether oxygens (including phenoxy) is 1. The van der Waals surface area contributed by atoms with E-state index < -0.39 is 0 Å². The molecule has 0 fully saturated rings. The van der Waals surface area contributed by atoms with Gasteiger partial charge in [-0.3, -0.25) is 0 Å². The summed E-state index contributed by atoms with van der Waals surface area (Å²) in [6.45, 7) is 2.31.